The zero-order chi connectivity index (χ0) is 9.68. The molecule has 1 amide bonds. The van der Waals surface area contributed by atoms with Crippen molar-refractivity contribution in [1.29, 1.82) is 0 Å². The van der Waals surface area contributed by atoms with Crippen molar-refractivity contribution in [3.8, 4) is 0 Å². The molecule has 0 saturated carbocycles. The van der Waals surface area contributed by atoms with E-state index >= 15 is 0 Å². The van der Waals surface area contributed by atoms with E-state index in [1.807, 2.05) is 16.7 Å². The van der Waals surface area contributed by atoms with Crippen LogP contribution in [-0.4, -0.2) is 35.9 Å². The maximum absolute atomic E-state index is 11.2. The molecule has 0 spiro atoms. The van der Waals surface area contributed by atoms with Crippen molar-refractivity contribution in [3.63, 3.8) is 0 Å². The third kappa shape index (κ3) is 3.07. The first-order valence-corrected chi connectivity index (χ1v) is 6.07. The fraction of sp³-hybridized carbons (Fsp3) is 0.700. The van der Waals surface area contributed by atoms with E-state index in [0.29, 0.717) is 0 Å². The number of thioether (sulfide) groups is 1. The molecule has 0 aromatic rings. The fourth-order valence-electron chi connectivity index (χ4n) is 1.68. The number of carbonyl (C=O) groups is 1. The molecule has 1 fully saturated rings. The highest BCUT2D eigenvalue weighted by Crippen LogP contribution is 2.20. The van der Waals surface area contributed by atoms with Gasteiger partial charge in [0.1, 0.15) is 0 Å². The standard InChI is InChI=1S/C10H17NOS/c1-3-10(12)11-6-4-9(5-7-11)8-13-2/h3,9H,1,4-8H2,2H3. The van der Waals surface area contributed by atoms with Crippen LogP contribution in [0, 0.1) is 5.92 Å². The number of likely N-dealkylation sites (tertiary alicyclic amines) is 1. The molecule has 1 saturated heterocycles. The van der Waals surface area contributed by atoms with Crippen LogP contribution in [0.2, 0.25) is 0 Å². The third-order valence-electron chi connectivity index (χ3n) is 2.50. The molecular formula is C10H17NOS. The van der Waals surface area contributed by atoms with Crippen molar-refractivity contribution in [2.45, 2.75) is 12.8 Å². The van der Waals surface area contributed by atoms with E-state index < -0.39 is 0 Å². The monoisotopic (exact) mass is 199 g/mol. The zero-order valence-corrected chi connectivity index (χ0v) is 8.98. The zero-order valence-electron chi connectivity index (χ0n) is 8.16. The SMILES string of the molecule is C=CC(=O)N1CCC(CSC)CC1. The van der Waals surface area contributed by atoms with E-state index in [9.17, 15) is 4.79 Å². The Morgan fingerprint density at radius 1 is 1.62 bits per heavy atom. The molecule has 1 rings (SSSR count). The smallest absolute Gasteiger partial charge is 0.245 e. The minimum atomic E-state index is 0.0857. The predicted octanol–water partition coefficient (Wildman–Crippen LogP) is 1.77. The van der Waals surface area contributed by atoms with Crippen LogP contribution in [-0.2, 0) is 4.79 Å². The van der Waals surface area contributed by atoms with Crippen LogP contribution in [0.4, 0.5) is 0 Å². The molecule has 0 aromatic carbocycles. The lowest BCUT2D eigenvalue weighted by atomic mass is 9.99. The van der Waals surface area contributed by atoms with E-state index in [4.69, 9.17) is 0 Å². The highest BCUT2D eigenvalue weighted by molar-refractivity contribution is 7.98. The molecule has 0 bridgehead atoms. The summed E-state index contributed by atoms with van der Waals surface area (Å²) >= 11 is 1.90. The largest absolute Gasteiger partial charge is 0.339 e. The van der Waals surface area contributed by atoms with E-state index in [2.05, 4.69) is 12.8 Å². The van der Waals surface area contributed by atoms with Crippen molar-refractivity contribution >= 4 is 17.7 Å². The Morgan fingerprint density at radius 2 is 2.23 bits per heavy atom. The average molecular weight is 199 g/mol. The van der Waals surface area contributed by atoms with E-state index in [1.165, 1.54) is 11.8 Å². The van der Waals surface area contributed by atoms with Gasteiger partial charge in [0.2, 0.25) is 5.91 Å². The van der Waals surface area contributed by atoms with Gasteiger partial charge < -0.3 is 4.90 Å². The predicted molar refractivity (Wildman–Crippen MR) is 57.9 cm³/mol. The quantitative estimate of drug-likeness (QED) is 0.646. The summed E-state index contributed by atoms with van der Waals surface area (Å²) < 4.78 is 0. The summed E-state index contributed by atoms with van der Waals surface area (Å²) in [6.45, 7) is 5.32. The van der Waals surface area contributed by atoms with Crippen LogP contribution in [0.3, 0.4) is 0 Å². The molecule has 2 nitrogen and oxygen atoms in total. The summed E-state index contributed by atoms with van der Waals surface area (Å²) in [5, 5.41) is 0. The van der Waals surface area contributed by atoms with Crippen LogP contribution in [0.5, 0.6) is 0 Å². The molecule has 0 aliphatic carbocycles. The Hall–Kier alpha value is -0.440. The number of hydrogen-bond donors (Lipinski definition) is 0. The fourth-order valence-corrected chi connectivity index (χ4v) is 2.49. The van der Waals surface area contributed by atoms with E-state index in [-0.39, 0.29) is 5.91 Å². The van der Waals surface area contributed by atoms with Gasteiger partial charge in [-0.05, 0) is 36.8 Å². The topological polar surface area (TPSA) is 20.3 Å². The number of hydrogen-bond acceptors (Lipinski definition) is 2. The van der Waals surface area contributed by atoms with Crippen LogP contribution < -0.4 is 0 Å². The van der Waals surface area contributed by atoms with Crippen molar-refractivity contribution in [3.05, 3.63) is 12.7 Å². The molecule has 0 unspecified atom stereocenters. The second kappa shape index (κ2) is 5.32. The molecular weight excluding hydrogens is 182 g/mol. The Balaban J connectivity index is 2.30. The highest BCUT2D eigenvalue weighted by Gasteiger charge is 2.20. The minimum Gasteiger partial charge on any atom is -0.339 e. The van der Waals surface area contributed by atoms with Gasteiger partial charge >= 0.3 is 0 Å². The lowest BCUT2D eigenvalue weighted by molar-refractivity contribution is -0.127. The van der Waals surface area contributed by atoms with Gasteiger partial charge in [0.05, 0.1) is 0 Å². The molecule has 1 aliphatic heterocycles. The number of nitrogens with zero attached hydrogens (tertiary/aromatic N) is 1. The first kappa shape index (κ1) is 10.6. The summed E-state index contributed by atoms with van der Waals surface area (Å²) in [7, 11) is 0. The molecule has 0 aromatic heterocycles. The van der Waals surface area contributed by atoms with Gasteiger partial charge in [-0.2, -0.15) is 11.8 Å². The second-order valence-electron chi connectivity index (χ2n) is 3.43. The minimum absolute atomic E-state index is 0.0857. The molecule has 1 aliphatic rings. The summed E-state index contributed by atoms with van der Waals surface area (Å²) in [4.78, 5) is 13.1. The van der Waals surface area contributed by atoms with Gasteiger partial charge in [-0.15, -0.1) is 0 Å². The molecule has 3 heteroatoms. The first-order chi connectivity index (χ1) is 6.27. The van der Waals surface area contributed by atoms with Crippen LogP contribution >= 0.6 is 11.8 Å². The van der Waals surface area contributed by atoms with Gasteiger partial charge in [-0.3, -0.25) is 4.79 Å². The van der Waals surface area contributed by atoms with Gasteiger partial charge in [0, 0.05) is 13.1 Å². The lowest BCUT2D eigenvalue weighted by Crippen LogP contribution is -2.37. The van der Waals surface area contributed by atoms with Gasteiger partial charge in [-0.1, -0.05) is 6.58 Å². The maximum Gasteiger partial charge on any atom is 0.245 e. The molecule has 0 radical (unpaired) electrons. The number of amides is 1. The lowest BCUT2D eigenvalue weighted by Gasteiger charge is -2.30. The van der Waals surface area contributed by atoms with Gasteiger partial charge in [0.15, 0.2) is 0 Å². The van der Waals surface area contributed by atoms with Crippen molar-refractivity contribution in [2.24, 2.45) is 5.92 Å². The summed E-state index contributed by atoms with van der Waals surface area (Å²) in [6.07, 6.45) is 5.86. The number of piperidine rings is 1. The number of rotatable bonds is 3. The maximum atomic E-state index is 11.2. The summed E-state index contributed by atoms with van der Waals surface area (Å²) in [5.74, 6) is 2.13. The Bertz CT molecular complexity index is 185. The molecule has 0 atom stereocenters. The molecule has 74 valence electrons. The Labute approximate surface area is 84.4 Å². The highest BCUT2D eigenvalue weighted by atomic mass is 32.2. The van der Waals surface area contributed by atoms with Crippen LogP contribution in [0.25, 0.3) is 0 Å². The van der Waals surface area contributed by atoms with Crippen LogP contribution in [0.15, 0.2) is 12.7 Å². The average Bonchev–Trinajstić information content (AvgIpc) is 2.18. The number of carbonyl (C=O) groups excluding carboxylic acids is 1. The normalized spacial score (nSPS) is 18.7. The molecule has 0 N–H and O–H groups in total. The van der Waals surface area contributed by atoms with Crippen molar-refractivity contribution in [1.82, 2.24) is 4.90 Å². The first-order valence-electron chi connectivity index (χ1n) is 4.68. The Kier molecular flexibility index (Phi) is 4.36. The second-order valence-corrected chi connectivity index (χ2v) is 4.34. The molecule has 13 heavy (non-hydrogen) atoms. The van der Waals surface area contributed by atoms with Crippen molar-refractivity contribution < 1.29 is 4.79 Å². The van der Waals surface area contributed by atoms with Crippen molar-refractivity contribution in [2.75, 3.05) is 25.1 Å². The Morgan fingerprint density at radius 3 is 2.69 bits per heavy atom. The van der Waals surface area contributed by atoms with Gasteiger partial charge in [-0.25, -0.2) is 0 Å². The summed E-state index contributed by atoms with van der Waals surface area (Å²) in [5.41, 5.74) is 0. The van der Waals surface area contributed by atoms with E-state index in [0.717, 1.165) is 31.8 Å². The van der Waals surface area contributed by atoms with Crippen LogP contribution in [0.1, 0.15) is 12.8 Å². The van der Waals surface area contributed by atoms with E-state index in [1.54, 1.807) is 0 Å². The third-order valence-corrected chi connectivity index (χ3v) is 3.31. The van der Waals surface area contributed by atoms with Gasteiger partial charge in [0.25, 0.3) is 0 Å². The molecule has 1 heterocycles. The summed E-state index contributed by atoms with van der Waals surface area (Å²) in [6, 6.07) is 0.